The number of rotatable bonds is 2. The van der Waals surface area contributed by atoms with Crippen molar-refractivity contribution in [2.45, 2.75) is 43.5 Å². The average Bonchev–Trinajstić information content (AvgIpc) is 2.52. The summed E-state index contributed by atoms with van der Waals surface area (Å²) in [6.45, 7) is 2.53. The minimum absolute atomic E-state index is 0.0115. The molecule has 0 bridgehead atoms. The van der Waals surface area contributed by atoms with E-state index < -0.39 is 10.0 Å². The van der Waals surface area contributed by atoms with Gasteiger partial charge in [0.2, 0.25) is 10.0 Å². The van der Waals surface area contributed by atoms with Crippen molar-refractivity contribution >= 4 is 47.6 Å². The maximum absolute atomic E-state index is 12.9. The zero-order valence-electron chi connectivity index (χ0n) is 11.3. The highest BCUT2D eigenvalue weighted by atomic mass is 79.9. The lowest BCUT2D eigenvalue weighted by molar-refractivity contribution is 0.342. The first kappa shape index (κ1) is 16.3. The number of nitrogen functional groups attached to an aromatic ring is 1. The van der Waals surface area contributed by atoms with Gasteiger partial charge < -0.3 is 5.73 Å². The molecule has 0 aliphatic carbocycles. The number of nitrogens with two attached hydrogens (primary N) is 1. The third kappa shape index (κ3) is 3.21. The molecule has 1 atom stereocenters. The summed E-state index contributed by atoms with van der Waals surface area (Å²) in [6, 6.07) is 3.35. The molecule has 4 nitrogen and oxygen atoms in total. The third-order valence-corrected chi connectivity index (χ3v) is 7.07. The molecular formula is C13H18Br2N2O2S. The lowest BCUT2D eigenvalue weighted by Crippen LogP contribution is -2.38. The number of hydrogen-bond donors (Lipinski definition) is 1. The minimum Gasteiger partial charge on any atom is -0.398 e. The van der Waals surface area contributed by atoms with Crippen molar-refractivity contribution in [3.05, 3.63) is 21.1 Å². The molecule has 7 heteroatoms. The van der Waals surface area contributed by atoms with Crippen LogP contribution in [0.4, 0.5) is 5.69 Å². The molecule has 1 aliphatic heterocycles. The van der Waals surface area contributed by atoms with E-state index in [4.69, 9.17) is 5.73 Å². The van der Waals surface area contributed by atoms with E-state index >= 15 is 0 Å². The lowest BCUT2D eigenvalue weighted by atomic mass is 10.1. The Morgan fingerprint density at radius 2 is 1.95 bits per heavy atom. The van der Waals surface area contributed by atoms with E-state index in [-0.39, 0.29) is 16.6 Å². The van der Waals surface area contributed by atoms with Crippen LogP contribution in [-0.2, 0) is 10.0 Å². The van der Waals surface area contributed by atoms with E-state index in [2.05, 4.69) is 31.9 Å². The molecule has 0 radical (unpaired) electrons. The summed E-state index contributed by atoms with van der Waals surface area (Å²) in [5, 5.41) is 0. The largest absolute Gasteiger partial charge is 0.398 e. The SMILES string of the molecule is CC1CCCCCN1S(=O)(=O)c1c(N)cc(Br)cc1Br. The quantitative estimate of drug-likeness (QED) is 0.733. The molecule has 0 spiro atoms. The summed E-state index contributed by atoms with van der Waals surface area (Å²) in [5.41, 5.74) is 6.20. The number of anilines is 1. The summed E-state index contributed by atoms with van der Waals surface area (Å²) in [7, 11) is -3.57. The van der Waals surface area contributed by atoms with Crippen LogP contribution in [0.15, 0.2) is 26.0 Å². The van der Waals surface area contributed by atoms with E-state index in [1.807, 2.05) is 6.92 Å². The predicted octanol–water partition coefficient (Wildman–Crippen LogP) is 3.75. The van der Waals surface area contributed by atoms with Crippen LogP contribution in [0.1, 0.15) is 32.6 Å². The minimum atomic E-state index is -3.57. The van der Waals surface area contributed by atoms with Gasteiger partial charge in [-0.05, 0) is 47.8 Å². The normalized spacial score (nSPS) is 21.6. The summed E-state index contributed by atoms with van der Waals surface area (Å²) in [6.07, 6.45) is 3.95. The highest BCUT2D eigenvalue weighted by molar-refractivity contribution is 9.11. The second kappa shape index (κ2) is 6.34. The number of halogens is 2. The van der Waals surface area contributed by atoms with Gasteiger partial charge in [0.1, 0.15) is 4.90 Å². The van der Waals surface area contributed by atoms with Gasteiger partial charge in [0.05, 0.1) is 5.69 Å². The number of sulfonamides is 1. The van der Waals surface area contributed by atoms with E-state index in [9.17, 15) is 8.42 Å². The first-order valence-corrected chi connectivity index (χ1v) is 9.63. The average molecular weight is 426 g/mol. The van der Waals surface area contributed by atoms with Crippen LogP contribution in [0.5, 0.6) is 0 Å². The van der Waals surface area contributed by atoms with Crippen molar-refractivity contribution in [1.29, 1.82) is 0 Å². The van der Waals surface area contributed by atoms with Gasteiger partial charge in [-0.2, -0.15) is 4.31 Å². The molecule has 0 saturated carbocycles. The lowest BCUT2D eigenvalue weighted by Gasteiger charge is -2.27. The molecule has 0 aromatic heterocycles. The molecule has 1 aromatic carbocycles. The Labute approximate surface area is 137 Å². The maximum Gasteiger partial charge on any atom is 0.246 e. The first-order chi connectivity index (χ1) is 9.34. The topological polar surface area (TPSA) is 63.4 Å². The summed E-state index contributed by atoms with van der Waals surface area (Å²) in [4.78, 5) is 0.175. The second-order valence-corrected chi connectivity index (χ2v) is 8.72. The third-order valence-electron chi connectivity index (χ3n) is 3.60. The van der Waals surface area contributed by atoms with Crippen LogP contribution in [0.25, 0.3) is 0 Å². The van der Waals surface area contributed by atoms with E-state index in [1.165, 1.54) is 0 Å². The van der Waals surface area contributed by atoms with Crippen molar-refractivity contribution in [3.8, 4) is 0 Å². The van der Waals surface area contributed by atoms with Gasteiger partial charge in [0, 0.05) is 21.5 Å². The molecular weight excluding hydrogens is 408 g/mol. The Hall–Kier alpha value is -0.110. The van der Waals surface area contributed by atoms with Gasteiger partial charge in [-0.1, -0.05) is 28.8 Å². The van der Waals surface area contributed by atoms with Crippen molar-refractivity contribution in [2.75, 3.05) is 12.3 Å². The van der Waals surface area contributed by atoms with Crippen molar-refractivity contribution in [1.82, 2.24) is 4.31 Å². The number of benzene rings is 1. The summed E-state index contributed by atoms with van der Waals surface area (Å²) in [5.74, 6) is 0. The van der Waals surface area contributed by atoms with Gasteiger partial charge in [0.15, 0.2) is 0 Å². The molecule has 2 N–H and O–H groups in total. The fraction of sp³-hybridized carbons (Fsp3) is 0.538. The molecule has 1 unspecified atom stereocenters. The Morgan fingerprint density at radius 3 is 2.60 bits per heavy atom. The summed E-state index contributed by atoms with van der Waals surface area (Å²) < 4.78 is 28.7. The highest BCUT2D eigenvalue weighted by Gasteiger charge is 2.33. The standard InChI is InChI=1S/C13H18Br2N2O2S/c1-9-5-3-2-4-6-17(9)20(18,19)13-11(15)7-10(14)8-12(13)16/h7-9H,2-6,16H2,1H3. The maximum atomic E-state index is 12.9. The first-order valence-electron chi connectivity index (χ1n) is 6.60. The molecule has 20 heavy (non-hydrogen) atoms. The predicted molar refractivity (Wildman–Crippen MR) is 88.1 cm³/mol. The molecule has 1 saturated heterocycles. The van der Waals surface area contributed by atoms with Crippen LogP contribution < -0.4 is 5.73 Å². The number of hydrogen-bond acceptors (Lipinski definition) is 3. The van der Waals surface area contributed by atoms with E-state index in [0.717, 1.165) is 30.2 Å². The van der Waals surface area contributed by atoms with Crippen LogP contribution >= 0.6 is 31.9 Å². The molecule has 1 heterocycles. The Balaban J connectivity index is 2.49. The fourth-order valence-corrected chi connectivity index (χ4v) is 6.29. The molecule has 1 aromatic rings. The van der Waals surface area contributed by atoms with Gasteiger partial charge in [0.25, 0.3) is 0 Å². The van der Waals surface area contributed by atoms with Gasteiger partial charge in [-0.15, -0.1) is 0 Å². The molecule has 0 amide bonds. The van der Waals surface area contributed by atoms with E-state index in [0.29, 0.717) is 11.0 Å². The van der Waals surface area contributed by atoms with Crippen molar-refractivity contribution in [3.63, 3.8) is 0 Å². The van der Waals surface area contributed by atoms with Gasteiger partial charge in [-0.3, -0.25) is 0 Å². The van der Waals surface area contributed by atoms with Crippen LogP contribution in [-0.4, -0.2) is 25.3 Å². The van der Waals surface area contributed by atoms with E-state index in [1.54, 1.807) is 16.4 Å². The number of nitrogens with zero attached hydrogens (tertiary/aromatic N) is 1. The summed E-state index contributed by atoms with van der Waals surface area (Å²) >= 11 is 6.64. The van der Waals surface area contributed by atoms with Crippen LogP contribution in [0, 0.1) is 0 Å². The fourth-order valence-electron chi connectivity index (χ4n) is 2.58. The smallest absolute Gasteiger partial charge is 0.246 e. The van der Waals surface area contributed by atoms with Crippen LogP contribution in [0.2, 0.25) is 0 Å². The van der Waals surface area contributed by atoms with Gasteiger partial charge >= 0.3 is 0 Å². The Kier molecular flexibility index (Phi) is 5.15. The molecule has 2 rings (SSSR count). The monoisotopic (exact) mass is 424 g/mol. The zero-order chi connectivity index (χ0) is 14.9. The van der Waals surface area contributed by atoms with Gasteiger partial charge in [-0.25, -0.2) is 8.42 Å². The Morgan fingerprint density at radius 1 is 1.25 bits per heavy atom. The Bertz CT molecular complexity index is 581. The zero-order valence-corrected chi connectivity index (χ0v) is 15.3. The van der Waals surface area contributed by atoms with Crippen molar-refractivity contribution < 1.29 is 8.42 Å². The molecule has 1 aliphatic rings. The molecule has 1 fully saturated rings. The molecule has 112 valence electrons. The second-order valence-electron chi connectivity index (χ2n) is 5.12. The van der Waals surface area contributed by atoms with Crippen molar-refractivity contribution in [2.24, 2.45) is 0 Å². The highest BCUT2D eigenvalue weighted by Crippen LogP contribution is 2.35. The van der Waals surface area contributed by atoms with Crippen LogP contribution in [0.3, 0.4) is 0 Å².